The highest BCUT2D eigenvalue weighted by Gasteiger charge is 2.10. The van der Waals surface area contributed by atoms with Crippen LogP contribution in [-0.2, 0) is 4.79 Å². The van der Waals surface area contributed by atoms with Crippen LogP contribution in [0.15, 0.2) is 0 Å². The zero-order chi connectivity index (χ0) is 7.28. The van der Waals surface area contributed by atoms with Crippen molar-refractivity contribution in [3.8, 4) is 0 Å². The number of nitrogens with one attached hydrogen (secondary N) is 1. The maximum absolute atomic E-state index is 10.7. The maximum atomic E-state index is 10.7. The van der Waals surface area contributed by atoms with Crippen molar-refractivity contribution in [1.82, 2.24) is 5.23 Å². The van der Waals surface area contributed by atoms with Gasteiger partial charge in [0.05, 0.1) is 0 Å². The molecule has 0 aromatic rings. The summed E-state index contributed by atoms with van der Waals surface area (Å²) in [6, 6.07) is 0. The van der Waals surface area contributed by atoms with Gasteiger partial charge < -0.3 is 5.23 Å². The third kappa shape index (κ3) is 2.54. The molecule has 0 saturated heterocycles. The highest BCUT2D eigenvalue weighted by molar-refractivity contribution is 6.14. The molecule has 0 spiro atoms. The van der Waals surface area contributed by atoms with Gasteiger partial charge in [0, 0.05) is 5.92 Å². The number of hydrogen-bond donors (Lipinski definition) is 1. The summed E-state index contributed by atoms with van der Waals surface area (Å²) >= 11 is 0. The molecule has 0 atom stereocenters. The van der Waals surface area contributed by atoms with Crippen LogP contribution >= 0.6 is 0 Å². The zero-order valence-electron chi connectivity index (χ0n) is 5.98. The van der Waals surface area contributed by atoms with Crippen molar-refractivity contribution in [2.24, 2.45) is 5.92 Å². The molecule has 1 amide bonds. The minimum Gasteiger partial charge on any atom is -0.409 e. The maximum Gasteiger partial charge on any atom is 0.226 e. The highest BCUT2D eigenvalue weighted by atomic mass is 16.1. The molecule has 50 valence electrons. The lowest BCUT2D eigenvalue weighted by molar-refractivity contribution is -0.123. The molecule has 0 saturated carbocycles. The number of carbonyl (C=O) groups excluding carboxylic acids is 1. The van der Waals surface area contributed by atoms with Crippen LogP contribution in [0.4, 0.5) is 0 Å². The van der Waals surface area contributed by atoms with Gasteiger partial charge in [-0.2, -0.15) is 0 Å². The Kier molecular flexibility index (Phi) is 4.19. The summed E-state index contributed by atoms with van der Waals surface area (Å²) < 4.78 is 0. The van der Waals surface area contributed by atoms with Crippen molar-refractivity contribution in [3.63, 3.8) is 0 Å². The Morgan fingerprint density at radius 2 is 2.00 bits per heavy atom. The molecule has 3 heteroatoms. The molecule has 9 heavy (non-hydrogen) atoms. The van der Waals surface area contributed by atoms with Crippen molar-refractivity contribution in [1.29, 1.82) is 0 Å². The highest BCUT2D eigenvalue weighted by Crippen LogP contribution is 2.05. The van der Waals surface area contributed by atoms with Gasteiger partial charge in [0.2, 0.25) is 13.9 Å². The van der Waals surface area contributed by atoms with Crippen LogP contribution < -0.4 is 5.23 Å². The number of amides is 1. The van der Waals surface area contributed by atoms with Crippen LogP contribution in [0.2, 0.25) is 0 Å². The van der Waals surface area contributed by atoms with Gasteiger partial charge in [0.25, 0.3) is 0 Å². The molecule has 0 aromatic carbocycles. The van der Waals surface area contributed by atoms with E-state index in [1.165, 1.54) is 0 Å². The van der Waals surface area contributed by atoms with Crippen molar-refractivity contribution in [2.75, 3.05) is 0 Å². The SMILES string of the molecule is [B]NC(=O)C(CC)CC. The normalized spacial score (nSPS) is 9.67. The lowest BCUT2D eigenvalue weighted by Gasteiger charge is -2.08. The molecular formula is C6H12BNO. The van der Waals surface area contributed by atoms with E-state index in [1.54, 1.807) is 0 Å². The summed E-state index contributed by atoms with van der Waals surface area (Å²) in [4.78, 5) is 10.7. The average Bonchev–Trinajstić information content (AvgIpc) is 1.90. The molecule has 0 rings (SSSR count). The van der Waals surface area contributed by atoms with Crippen LogP contribution in [0.5, 0.6) is 0 Å². The molecule has 0 aromatic heterocycles. The Bertz CT molecular complexity index is 91.1. The van der Waals surface area contributed by atoms with Crippen LogP contribution in [-0.4, -0.2) is 13.9 Å². The predicted octanol–water partition coefficient (Wildman–Crippen LogP) is 0.622. The Morgan fingerprint density at radius 3 is 2.11 bits per heavy atom. The number of hydrogen-bond acceptors (Lipinski definition) is 1. The van der Waals surface area contributed by atoms with E-state index in [9.17, 15) is 4.79 Å². The Morgan fingerprint density at radius 1 is 1.56 bits per heavy atom. The van der Waals surface area contributed by atoms with E-state index in [1.807, 2.05) is 13.8 Å². The Hall–Kier alpha value is -0.465. The van der Waals surface area contributed by atoms with Gasteiger partial charge in [0.1, 0.15) is 0 Å². The van der Waals surface area contributed by atoms with Crippen molar-refractivity contribution in [3.05, 3.63) is 0 Å². The van der Waals surface area contributed by atoms with E-state index < -0.39 is 0 Å². The molecule has 0 unspecified atom stereocenters. The van der Waals surface area contributed by atoms with Crippen LogP contribution in [0.1, 0.15) is 26.7 Å². The zero-order valence-corrected chi connectivity index (χ0v) is 5.98. The van der Waals surface area contributed by atoms with E-state index in [4.69, 9.17) is 7.98 Å². The first-order valence-electron chi connectivity index (χ1n) is 3.26. The molecule has 0 heterocycles. The molecule has 2 nitrogen and oxygen atoms in total. The average molecular weight is 125 g/mol. The Labute approximate surface area is 57.4 Å². The van der Waals surface area contributed by atoms with Crippen LogP contribution in [0, 0.1) is 5.92 Å². The second kappa shape index (κ2) is 4.42. The van der Waals surface area contributed by atoms with E-state index >= 15 is 0 Å². The number of carbonyl (C=O) groups is 1. The Balaban J connectivity index is 3.64. The molecule has 2 radical (unpaired) electrons. The van der Waals surface area contributed by atoms with Gasteiger partial charge in [-0.05, 0) is 12.8 Å². The standard InChI is InChI=1S/C6H12BNO/c1-3-5(4-2)6(9)8-7/h5H,3-4H2,1-2H3,(H,8,9). The van der Waals surface area contributed by atoms with Gasteiger partial charge in [0.15, 0.2) is 0 Å². The molecule has 0 aliphatic heterocycles. The van der Waals surface area contributed by atoms with Gasteiger partial charge in [-0.3, -0.25) is 4.79 Å². The third-order valence-corrected chi connectivity index (χ3v) is 1.50. The first-order valence-corrected chi connectivity index (χ1v) is 3.26. The second-order valence-electron chi connectivity index (χ2n) is 2.02. The van der Waals surface area contributed by atoms with Gasteiger partial charge >= 0.3 is 0 Å². The van der Waals surface area contributed by atoms with E-state index in [-0.39, 0.29) is 11.8 Å². The van der Waals surface area contributed by atoms with E-state index in [2.05, 4.69) is 5.23 Å². The fourth-order valence-electron chi connectivity index (χ4n) is 0.777. The van der Waals surface area contributed by atoms with Crippen molar-refractivity contribution < 1.29 is 4.79 Å². The largest absolute Gasteiger partial charge is 0.409 e. The third-order valence-electron chi connectivity index (χ3n) is 1.50. The smallest absolute Gasteiger partial charge is 0.226 e. The molecule has 0 aliphatic carbocycles. The summed E-state index contributed by atoms with van der Waals surface area (Å²) in [7, 11) is 4.92. The first-order chi connectivity index (χ1) is 4.26. The molecule has 0 fully saturated rings. The van der Waals surface area contributed by atoms with E-state index in [0.29, 0.717) is 0 Å². The van der Waals surface area contributed by atoms with Crippen LogP contribution in [0.3, 0.4) is 0 Å². The van der Waals surface area contributed by atoms with Crippen molar-refractivity contribution >= 4 is 13.9 Å². The fourth-order valence-corrected chi connectivity index (χ4v) is 0.777. The topological polar surface area (TPSA) is 29.1 Å². The minimum atomic E-state index is -0.0556. The lowest BCUT2D eigenvalue weighted by Crippen LogP contribution is -2.27. The quantitative estimate of drug-likeness (QED) is 0.550. The molecular weight excluding hydrogens is 113 g/mol. The van der Waals surface area contributed by atoms with Gasteiger partial charge in [-0.15, -0.1) is 0 Å². The summed E-state index contributed by atoms with van der Waals surface area (Å²) in [5.41, 5.74) is 0. The molecule has 0 bridgehead atoms. The first kappa shape index (κ1) is 8.53. The summed E-state index contributed by atoms with van der Waals surface area (Å²) in [6.45, 7) is 3.95. The minimum absolute atomic E-state index is 0.0556. The summed E-state index contributed by atoms with van der Waals surface area (Å²) in [5.74, 6) is 0.0370. The van der Waals surface area contributed by atoms with Gasteiger partial charge in [-0.1, -0.05) is 13.8 Å². The van der Waals surface area contributed by atoms with Gasteiger partial charge in [-0.25, -0.2) is 0 Å². The monoisotopic (exact) mass is 125 g/mol. The van der Waals surface area contributed by atoms with E-state index in [0.717, 1.165) is 12.8 Å². The molecule has 1 N–H and O–H groups in total. The second-order valence-corrected chi connectivity index (χ2v) is 2.02. The lowest BCUT2D eigenvalue weighted by atomic mass is 10.0. The summed E-state index contributed by atoms with van der Waals surface area (Å²) in [5, 5.41) is 2.13. The van der Waals surface area contributed by atoms with Crippen molar-refractivity contribution in [2.45, 2.75) is 26.7 Å². The number of rotatable bonds is 3. The predicted molar refractivity (Wildman–Crippen MR) is 38.0 cm³/mol. The van der Waals surface area contributed by atoms with Crippen LogP contribution in [0.25, 0.3) is 0 Å². The summed E-state index contributed by atoms with van der Waals surface area (Å²) in [6.07, 6.45) is 1.72. The molecule has 0 aliphatic rings. The fraction of sp³-hybridized carbons (Fsp3) is 0.833.